The number of halogens is 3. The van der Waals surface area contributed by atoms with E-state index in [9.17, 15) is 26.4 Å². The smallest absolute Gasteiger partial charge is 0.490 e. The van der Waals surface area contributed by atoms with Gasteiger partial charge in [0.25, 0.3) is 0 Å². The van der Waals surface area contributed by atoms with Gasteiger partial charge < -0.3 is 18.4 Å². The molecule has 0 aliphatic carbocycles. The van der Waals surface area contributed by atoms with Crippen LogP contribution in [0.15, 0.2) is 18.2 Å². The highest BCUT2D eigenvalue weighted by atomic mass is 32.2. The number of hydrogen-bond donors (Lipinski definition) is 0. The zero-order chi connectivity index (χ0) is 20.5. The minimum atomic E-state index is -5.83. The molecular weight excluding hydrogens is 393 g/mol. The number of ether oxygens (including phenoxy) is 3. The van der Waals surface area contributed by atoms with Gasteiger partial charge in [0, 0.05) is 26.6 Å². The number of aryl methyl sites for hydroxylation is 1. The number of carbonyl (C=O) groups excluding carboxylic acids is 1. The maximum absolute atomic E-state index is 12.5. The first-order valence-corrected chi connectivity index (χ1v) is 9.42. The molecule has 11 heteroatoms. The van der Waals surface area contributed by atoms with Gasteiger partial charge in [0.2, 0.25) is 0 Å². The summed E-state index contributed by atoms with van der Waals surface area (Å²) in [6.45, 7) is 2.31. The lowest BCUT2D eigenvalue weighted by molar-refractivity contribution is -0.143. The van der Waals surface area contributed by atoms with Gasteiger partial charge in [0.1, 0.15) is 0 Å². The summed E-state index contributed by atoms with van der Waals surface area (Å²) >= 11 is 0. The molecule has 0 saturated heterocycles. The molecule has 0 fully saturated rings. The van der Waals surface area contributed by atoms with Crippen LogP contribution in [-0.4, -0.2) is 46.8 Å². The van der Waals surface area contributed by atoms with Crippen molar-refractivity contribution in [1.29, 1.82) is 0 Å². The van der Waals surface area contributed by atoms with Crippen molar-refractivity contribution in [2.24, 2.45) is 0 Å². The molecule has 154 valence electrons. The Balaban J connectivity index is 2.98. The van der Waals surface area contributed by atoms with Crippen molar-refractivity contribution < 1.29 is 44.8 Å². The average Bonchev–Trinajstić information content (AvgIpc) is 2.57. The van der Waals surface area contributed by atoms with Gasteiger partial charge in [-0.25, -0.2) is 0 Å². The Bertz CT molecular complexity index is 717. The summed E-state index contributed by atoms with van der Waals surface area (Å²) in [5.41, 5.74) is -5.02. The molecule has 0 radical (unpaired) electrons. The molecule has 0 atom stereocenters. The van der Waals surface area contributed by atoms with Crippen LogP contribution in [0, 0.1) is 0 Å². The van der Waals surface area contributed by atoms with E-state index < -0.39 is 27.3 Å². The first-order chi connectivity index (χ1) is 12.6. The van der Waals surface area contributed by atoms with Crippen molar-refractivity contribution in [2.75, 3.05) is 26.9 Å². The summed E-state index contributed by atoms with van der Waals surface area (Å²) in [7, 11) is -4.36. The zero-order valence-electron chi connectivity index (χ0n) is 14.9. The molecule has 0 spiro atoms. The van der Waals surface area contributed by atoms with Gasteiger partial charge in [-0.3, -0.25) is 4.79 Å². The monoisotopic (exact) mass is 414 g/mol. The van der Waals surface area contributed by atoms with E-state index in [2.05, 4.69) is 4.18 Å². The van der Waals surface area contributed by atoms with Crippen LogP contribution < -0.4 is 8.92 Å². The highest BCUT2D eigenvalue weighted by molar-refractivity contribution is 7.88. The van der Waals surface area contributed by atoms with Gasteiger partial charge in [0.15, 0.2) is 11.5 Å². The molecule has 27 heavy (non-hydrogen) atoms. The molecule has 1 aromatic carbocycles. The summed E-state index contributed by atoms with van der Waals surface area (Å²) in [6, 6.07) is 3.73. The molecule has 0 aromatic heterocycles. The fourth-order valence-corrected chi connectivity index (χ4v) is 2.39. The summed E-state index contributed by atoms with van der Waals surface area (Å²) in [5.74, 6) is -1.20. The van der Waals surface area contributed by atoms with Crippen molar-refractivity contribution in [3.63, 3.8) is 0 Å². The first-order valence-electron chi connectivity index (χ1n) is 8.01. The van der Waals surface area contributed by atoms with E-state index in [1.807, 2.05) is 0 Å². The molecule has 0 saturated carbocycles. The molecule has 7 nitrogen and oxygen atoms in total. The lowest BCUT2D eigenvalue weighted by Gasteiger charge is -2.15. The number of esters is 1. The predicted octanol–water partition coefficient (Wildman–Crippen LogP) is 2.83. The van der Waals surface area contributed by atoms with Gasteiger partial charge in [-0.2, -0.15) is 21.6 Å². The van der Waals surface area contributed by atoms with Gasteiger partial charge in [0.05, 0.1) is 13.2 Å². The minimum absolute atomic E-state index is 0.0536. The third-order valence-corrected chi connectivity index (χ3v) is 4.13. The van der Waals surface area contributed by atoms with E-state index in [4.69, 9.17) is 14.2 Å². The SMILES string of the molecule is CCOC(=O)CCc1ccc(OS(=O)(=O)C(F)(F)F)c(OCCCOC)c1. The number of benzene rings is 1. The number of hydrogen-bond acceptors (Lipinski definition) is 7. The fraction of sp³-hybridized carbons (Fsp3) is 0.562. The number of alkyl halides is 3. The van der Waals surface area contributed by atoms with Crippen molar-refractivity contribution in [3.05, 3.63) is 23.8 Å². The van der Waals surface area contributed by atoms with Crippen LogP contribution in [0.1, 0.15) is 25.3 Å². The highest BCUT2D eigenvalue weighted by Gasteiger charge is 2.49. The maximum Gasteiger partial charge on any atom is 0.534 e. The van der Waals surface area contributed by atoms with Crippen LogP contribution in [0.3, 0.4) is 0 Å². The van der Waals surface area contributed by atoms with Crippen molar-refractivity contribution in [1.82, 2.24) is 0 Å². The Labute approximate surface area is 155 Å². The van der Waals surface area contributed by atoms with E-state index in [0.717, 1.165) is 6.07 Å². The second-order valence-corrected chi connectivity index (χ2v) is 6.80. The second-order valence-electron chi connectivity index (χ2n) is 5.26. The third-order valence-electron chi connectivity index (χ3n) is 3.16. The van der Waals surface area contributed by atoms with Gasteiger partial charge in [-0.15, -0.1) is 0 Å². The molecule has 1 aromatic rings. The second kappa shape index (κ2) is 10.4. The minimum Gasteiger partial charge on any atom is -0.490 e. The predicted molar refractivity (Wildman–Crippen MR) is 89.0 cm³/mol. The third kappa shape index (κ3) is 7.63. The molecule has 0 aliphatic rings. The van der Waals surface area contributed by atoms with Gasteiger partial charge >= 0.3 is 21.6 Å². The molecule has 0 bridgehead atoms. The molecule has 0 aliphatic heterocycles. The highest BCUT2D eigenvalue weighted by Crippen LogP contribution is 2.34. The summed E-state index contributed by atoms with van der Waals surface area (Å²) < 4.78 is 79.3. The van der Waals surface area contributed by atoms with E-state index in [1.54, 1.807) is 6.92 Å². The van der Waals surface area contributed by atoms with E-state index in [-0.39, 0.29) is 31.8 Å². The Hall–Kier alpha value is -2.01. The molecule has 0 unspecified atom stereocenters. The summed E-state index contributed by atoms with van der Waals surface area (Å²) in [5, 5.41) is 0. The average molecular weight is 414 g/mol. The Morgan fingerprint density at radius 3 is 2.44 bits per heavy atom. The van der Waals surface area contributed by atoms with Crippen LogP contribution in [0.2, 0.25) is 0 Å². The summed E-state index contributed by atoms with van der Waals surface area (Å²) in [6.07, 6.45) is 0.715. The number of rotatable bonds is 11. The van der Waals surface area contributed by atoms with Crippen molar-refractivity contribution in [2.45, 2.75) is 31.7 Å². The zero-order valence-corrected chi connectivity index (χ0v) is 15.7. The first kappa shape index (κ1) is 23.0. The fourth-order valence-electron chi connectivity index (χ4n) is 1.92. The Kier molecular flexibility index (Phi) is 8.83. The Morgan fingerprint density at radius 2 is 1.85 bits per heavy atom. The molecule has 0 heterocycles. The number of methoxy groups -OCH3 is 1. The quantitative estimate of drug-likeness (QED) is 0.238. The van der Waals surface area contributed by atoms with E-state index in [0.29, 0.717) is 18.6 Å². The molecule has 0 N–H and O–H groups in total. The normalized spacial score (nSPS) is 11.9. The topological polar surface area (TPSA) is 88.1 Å². The summed E-state index contributed by atoms with van der Waals surface area (Å²) in [4.78, 5) is 11.4. The standard InChI is InChI=1S/C16H21F3O7S/c1-3-24-15(20)8-6-12-5-7-13(26-27(21,22)16(17,18)19)14(11-12)25-10-4-9-23-2/h5,7,11H,3-4,6,8-10H2,1-2H3. The largest absolute Gasteiger partial charge is 0.534 e. The van der Waals surface area contributed by atoms with Crippen molar-refractivity contribution >= 4 is 16.1 Å². The van der Waals surface area contributed by atoms with Gasteiger partial charge in [-0.05, 0) is 31.0 Å². The van der Waals surface area contributed by atoms with Crippen LogP contribution in [-0.2, 0) is 30.8 Å². The lowest BCUT2D eigenvalue weighted by atomic mass is 10.1. The molecular formula is C16H21F3O7S. The lowest BCUT2D eigenvalue weighted by Crippen LogP contribution is -2.28. The van der Waals surface area contributed by atoms with Crippen molar-refractivity contribution in [3.8, 4) is 11.5 Å². The van der Waals surface area contributed by atoms with Gasteiger partial charge in [-0.1, -0.05) is 6.07 Å². The van der Waals surface area contributed by atoms with Crippen LogP contribution in [0.25, 0.3) is 0 Å². The maximum atomic E-state index is 12.5. The van der Waals surface area contributed by atoms with Crippen LogP contribution in [0.5, 0.6) is 11.5 Å². The molecule has 1 rings (SSSR count). The Morgan fingerprint density at radius 1 is 1.15 bits per heavy atom. The molecule has 0 amide bonds. The number of carbonyl (C=O) groups is 1. The van der Waals surface area contributed by atoms with E-state index >= 15 is 0 Å². The van der Waals surface area contributed by atoms with Crippen LogP contribution >= 0.6 is 0 Å². The van der Waals surface area contributed by atoms with Crippen LogP contribution in [0.4, 0.5) is 13.2 Å². The van der Waals surface area contributed by atoms with E-state index in [1.165, 1.54) is 19.2 Å².